The van der Waals surface area contributed by atoms with Crippen molar-refractivity contribution in [3.05, 3.63) is 0 Å². The van der Waals surface area contributed by atoms with Gasteiger partial charge in [0, 0.05) is 6.61 Å². The monoisotopic (exact) mass is 136 g/mol. The molecule has 0 aliphatic carbocycles. The van der Waals surface area contributed by atoms with Crippen LogP contribution >= 0.6 is 0 Å². The molecule has 0 aromatic carbocycles. The molecule has 0 radical (unpaired) electrons. The summed E-state index contributed by atoms with van der Waals surface area (Å²) in [5.41, 5.74) is 0. The van der Waals surface area contributed by atoms with Crippen LogP contribution in [0.2, 0.25) is 12.6 Å². The first-order chi connectivity index (χ1) is 3.56. The van der Waals surface area contributed by atoms with Crippen LogP contribution in [0, 0.1) is 0 Å². The Hall–Kier alpha value is 0.0969. The van der Waals surface area contributed by atoms with Crippen LogP contribution in [0.25, 0.3) is 0 Å². The zero-order chi connectivity index (χ0) is 6.62. The van der Waals surface area contributed by atoms with E-state index in [4.69, 9.17) is 14.7 Å². The molecule has 0 fully saturated rings. The Morgan fingerprint density at radius 1 is 1.38 bits per heavy atom. The van der Waals surface area contributed by atoms with Crippen LogP contribution in [-0.2, 0) is 0 Å². The molecule has 0 bridgehead atoms. The van der Waals surface area contributed by atoms with Crippen molar-refractivity contribution in [2.24, 2.45) is 0 Å². The minimum absolute atomic E-state index is 0.0453. The lowest BCUT2D eigenvalue weighted by Crippen LogP contribution is -2.29. The predicted octanol–water partition coefficient (Wildman–Crippen LogP) is -0.575. The lowest BCUT2D eigenvalue weighted by molar-refractivity contribution is 0.284. The molecule has 3 nitrogen and oxygen atoms in total. The highest BCUT2D eigenvalue weighted by molar-refractivity contribution is 6.63. The third-order valence-electron chi connectivity index (χ3n) is 0.808. The second-order valence-electron chi connectivity index (χ2n) is 2.04. The van der Waals surface area contributed by atoms with Gasteiger partial charge in [0.05, 0.1) is 0 Å². The lowest BCUT2D eigenvalue weighted by Gasteiger charge is -2.08. The Balaban J connectivity index is 3.11. The van der Waals surface area contributed by atoms with Gasteiger partial charge in [-0.3, -0.25) is 0 Å². The molecule has 0 aliphatic rings. The van der Waals surface area contributed by atoms with Crippen molar-refractivity contribution in [1.82, 2.24) is 0 Å². The highest BCUT2D eigenvalue weighted by atomic mass is 28.4. The summed E-state index contributed by atoms with van der Waals surface area (Å²) in [6.07, 6.45) is 0.496. The van der Waals surface area contributed by atoms with Gasteiger partial charge in [-0.15, -0.1) is 0 Å². The van der Waals surface area contributed by atoms with Gasteiger partial charge in [0.25, 0.3) is 0 Å². The maximum atomic E-state index is 8.73. The van der Waals surface area contributed by atoms with Crippen LogP contribution in [0.1, 0.15) is 6.42 Å². The summed E-state index contributed by atoms with van der Waals surface area (Å²) in [5.74, 6) is 0. The van der Waals surface area contributed by atoms with E-state index < -0.39 is 8.56 Å². The molecule has 0 aromatic heterocycles. The highest BCUT2D eigenvalue weighted by Crippen LogP contribution is 2.02. The Labute approximate surface area is 49.8 Å². The summed E-state index contributed by atoms with van der Waals surface area (Å²) in [6.45, 7) is 1.48. The first-order valence-corrected chi connectivity index (χ1v) is 5.22. The Morgan fingerprint density at radius 2 is 1.88 bits per heavy atom. The molecular weight excluding hydrogens is 124 g/mol. The minimum Gasteiger partial charge on any atom is -0.411 e. The van der Waals surface area contributed by atoms with Crippen LogP contribution < -0.4 is 0 Å². The minimum atomic E-state index is -2.84. The summed E-state index contributed by atoms with van der Waals surface area (Å²) in [5, 5.41) is 8.23. The van der Waals surface area contributed by atoms with Crippen molar-refractivity contribution in [3.63, 3.8) is 0 Å². The van der Waals surface area contributed by atoms with Crippen molar-refractivity contribution in [2.75, 3.05) is 6.61 Å². The second-order valence-corrected chi connectivity index (χ2v) is 4.98. The molecule has 0 unspecified atom stereocenters. The van der Waals surface area contributed by atoms with Crippen molar-refractivity contribution in [1.29, 1.82) is 0 Å². The molecule has 0 amide bonds. The molecular formula is C4H12O3Si. The van der Waals surface area contributed by atoms with Crippen LogP contribution in [0.3, 0.4) is 0 Å². The topological polar surface area (TPSA) is 60.7 Å². The largest absolute Gasteiger partial charge is 0.411 e. The van der Waals surface area contributed by atoms with Crippen LogP contribution in [0.4, 0.5) is 0 Å². The van der Waals surface area contributed by atoms with E-state index in [2.05, 4.69) is 0 Å². The standard InChI is InChI=1S/C4H12O3Si/c1-8(6,7)4-2-3-5/h5-7H,2-4H2,1H3. The molecule has 0 aliphatic heterocycles. The predicted molar refractivity (Wildman–Crippen MR) is 32.6 cm³/mol. The third-order valence-corrected chi connectivity index (χ3v) is 2.11. The zero-order valence-corrected chi connectivity index (χ0v) is 5.96. The molecule has 3 N–H and O–H groups in total. The summed E-state index contributed by atoms with van der Waals surface area (Å²) < 4.78 is 0. The van der Waals surface area contributed by atoms with Gasteiger partial charge in [-0.25, -0.2) is 0 Å². The normalized spacial score (nSPS) is 12.0. The van der Waals surface area contributed by atoms with Gasteiger partial charge in [0.15, 0.2) is 0 Å². The maximum Gasteiger partial charge on any atom is 0.329 e. The Kier molecular flexibility index (Phi) is 3.23. The summed E-state index contributed by atoms with van der Waals surface area (Å²) in [4.78, 5) is 17.5. The van der Waals surface area contributed by atoms with E-state index in [9.17, 15) is 0 Å². The van der Waals surface area contributed by atoms with Crippen LogP contribution in [-0.4, -0.2) is 29.9 Å². The van der Waals surface area contributed by atoms with Gasteiger partial charge >= 0.3 is 8.56 Å². The van der Waals surface area contributed by atoms with Gasteiger partial charge < -0.3 is 14.7 Å². The Bertz CT molecular complexity index is 58.8. The van der Waals surface area contributed by atoms with Crippen LogP contribution in [0.15, 0.2) is 0 Å². The van der Waals surface area contributed by atoms with E-state index in [1.807, 2.05) is 0 Å². The first-order valence-electron chi connectivity index (χ1n) is 2.62. The van der Waals surface area contributed by atoms with E-state index in [-0.39, 0.29) is 6.61 Å². The van der Waals surface area contributed by atoms with Gasteiger partial charge in [-0.2, -0.15) is 0 Å². The van der Waals surface area contributed by atoms with Crippen molar-refractivity contribution in [3.8, 4) is 0 Å². The Morgan fingerprint density at radius 3 is 2.00 bits per heavy atom. The molecule has 50 valence electrons. The molecule has 0 saturated carbocycles. The molecule has 0 heterocycles. The SMILES string of the molecule is C[Si](O)(O)CCCO. The number of rotatable bonds is 3. The lowest BCUT2D eigenvalue weighted by atomic mass is 10.5. The third kappa shape index (κ3) is 6.10. The van der Waals surface area contributed by atoms with Crippen molar-refractivity contribution >= 4 is 8.56 Å². The fourth-order valence-corrected chi connectivity index (χ4v) is 1.24. The smallest absolute Gasteiger partial charge is 0.329 e. The average Bonchev–Trinajstić information content (AvgIpc) is 1.59. The van der Waals surface area contributed by atoms with Crippen molar-refractivity contribution in [2.45, 2.75) is 19.0 Å². The van der Waals surface area contributed by atoms with E-state index in [1.165, 1.54) is 6.55 Å². The second kappa shape index (κ2) is 3.19. The van der Waals surface area contributed by atoms with Gasteiger partial charge in [0.2, 0.25) is 0 Å². The highest BCUT2D eigenvalue weighted by Gasteiger charge is 2.19. The molecule has 0 spiro atoms. The van der Waals surface area contributed by atoms with Crippen LogP contribution in [0.5, 0.6) is 0 Å². The molecule has 0 atom stereocenters. The molecule has 8 heavy (non-hydrogen) atoms. The first kappa shape index (κ1) is 8.10. The van der Waals surface area contributed by atoms with Gasteiger partial charge in [-0.05, 0) is 19.0 Å². The summed E-state index contributed by atoms with van der Waals surface area (Å²) in [7, 11) is -2.84. The van der Waals surface area contributed by atoms with Gasteiger partial charge in [-0.1, -0.05) is 0 Å². The van der Waals surface area contributed by atoms with E-state index >= 15 is 0 Å². The fraction of sp³-hybridized carbons (Fsp3) is 1.00. The average molecular weight is 136 g/mol. The van der Waals surface area contributed by atoms with E-state index in [0.29, 0.717) is 12.5 Å². The number of hydrogen-bond acceptors (Lipinski definition) is 3. The summed E-state index contributed by atoms with van der Waals surface area (Å²) in [6, 6.07) is 0.365. The number of aliphatic hydroxyl groups is 1. The maximum absolute atomic E-state index is 8.73. The molecule has 0 aromatic rings. The quantitative estimate of drug-likeness (QED) is 0.455. The number of aliphatic hydroxyl groups excluding tert-OH is 1. The fourth-order valence-electron chi connectivity index (χ4n) is 0.414. The molecule has 4 heteroatoms. The molecule has 0 saturated heterocycles. The van der Waals surface area contributed by atoms with E-state index in [0.717, 1.165) is 0 Å². The summed E-state index contributed by atoms with van der Waals surface area (Å²) >= 11 is 0. The van der Waals surface area contributed by atoms with Crippen molar-refractivity contribution < 1.29 is 14.7 Å². The van der Waals surface area contributed by atoms with Gasteiger partial charge in [0.1, 0.15) is 0 Å². The molecule has 0 rings (SSSR count). The van der Waals surface area contributed by atoms with E-state index in [1.54, 1.807) is 0 Å². The zero-order valence-electron chi connectivity index (χ0n) is 4.96. The number of hydrogen-bond donors (Lipinski definition) is 3.